The highest BCUT2D eigenvalue weighted by Crippen LogP contribution is 2.15. The van der Waals surface area contributed by atoms with Crippen molar-refractivity contribution < 1.29 is 9.53 Å². The van der Waals surface area contributed by atoms with E-state index in [2.05, 4.69) is 5.32 Å². The minimum Gasteiger partial charge on any atom is -0.497 e. The first kappa shape index (κ1) is 12.3. The summed E-state index contributed by atoms with van der Waals surface area (Å²) in [7, 11) is 1.62. The third-order valence-corrected chi connectivity index (χ3v) is 2.15. The first-order valence-electron chi connectivity index (χ1n) is 5.31. The molecule has 0 unspecified atom stereocenters. The Morgan fingerprint density at radius 3 is 2.62 bits per heavy atom. The molecule has 1 rings (SSSR count). The fourth-order valence-electron chi connectivity index (χ4n) is 1.28. The number of ether oxygens (including phenoxy) is 1. The molecule has 1 N–H and O–H groups in total. The monoisotopic (exact) mass is 219 g/mol. The molecular weight excluding hydrogens is 202 g/mol. The van der Waals surface area contributed by atoms with Crippen LogP contribution in [0.3, 0.4) is 0 Å². The molecule has 1 aromatic rings. The van der Waals surface area contributed by atoms with Crippen LogP contribution < -0.4 is 10.1 Å². The lowest BCUT2D eigenvalue weighted by Crippen LogP contribution is -2.10. The number of nitrogens with one attached hydrogen (secondary N) is 1. The number of anilines is 1. The van der Waals surface area contributed by atoms with Crippen LogP contribution >= 0.6 is 0 Å². The second kappa shape index (κ2) is 6.67. The predicted octanol–water partition coefficient (Wildman–Crippen LogP) is 2.99. The number of rotatable bonds is 5. The summed E-state index contributed by atoms with van der Waals surface area (Å²) in [6.45, 7) is 1.95. The zero-order chi connectivity index (χ0) is 11.8. The third-order valence-electron chi connectivity index (χ3n) is 2.15. The number of methoxy groups -OCH3 is 1. The van der Waals surface area contributed by atoms with E-state index in [1.165, 1.54) is 0 Å². The summed E-state index contributed by atoms with van der Waals surface area (Å²) in [5.41, 5.74) is 0.797. The van der Waals surface area contributed by atoms with Crippen molar-refractivity contribution in [3.8, 4) is 5.75 Å². The molecule has 0 saturated heterocycles. The molecule has 0 fully saturated rings. The van der Waals surface area contributed by atoms with Crippen LogP contribution in [0, 0.1) is 0 Å². The van der Waals surface area contributed by atoms with E-state index in [1.54, 1.807) is 7.11 Å². The SMILES string of the molecule is C/C=C/CCC(=O)Nc1ccc(OC)cc1. The minimum absolute atomic E-state index is 0.0308. The van der Waals surface area contributed by atoms with Crippen molar-refractivity contribution in [2.24, 2.45) is 0 Å². The Hall–Kier alpha value is -1.77. The van der Waals surface area contributed by atoms with Gasteiger partial charge in [-0.2, -0.15) is 0 Å². The fourth-order valence-corrected chi connectivity index (χ4v) is 1.28. The fraction of sp³-hybridized carbons (Fsp3) is 0.308. The van der Waals surface area contributed by atoms with Crippen LogP contribution in [-0.4, -0.2) is 13.0 Å². The Morgan fingerprint density at radius 1 is 1.38 bits per heavy atom. The normalized spacial score (nSPS) is 10.4. The maximum atomic E-state index is 11.5. The molecule has 0 aliphatic carbocycles. The summed E-state index contributed by atoms with van der Waals surface area (Å²) in [6, 6.07) is 7.29. The standard InChI is InChI=1S/C13H17NO2/c1-3-4-5-6-13(15)14-11-7-9-12(16-2)10-8-11/h3-4,7-10H,5-6H2,1-2H3,(H,14,15)/b4-3+. The van der Waals surface area contributed by atoms with Crippen LogP contribution in [0.1, 0.15) is 19.8 Å². The lowest BCUT2D eigenvalue weighted by Gasteiger charge is -2.05. The van der Waals surface area contributed by atoms with Gasteiger partial charge in [0.05, 0.1) is 7.11 Å². The van der Waals surface area contributed by atoms with Crippen molar-refractivity contribution >= 4 is 11.6 Å². The molecule has 0 atom stereocenters. The van der Waals surface area contributed by atoms with Crippen molar-refractivity contribution in [2.45, 2.75) is 19.8 Å². The Kier molecular flexibility index (Phi) is 5.12. The molecule has 3 nitrogen and oxygen atoms in total. The molecule has 0 aliphatic heterocycles. The molecule has 1 aromatic carbocycles. The Morgan fingerprint density at radius 2 is 2.06 bits per heavy atom. The number of benzene rings is 1. The highest BCUT2D eigenvalue weighted by molar-refractivity contribution is 5.90. The van der Waals surface area contributed by atoms with Crippen molar-refractivity contribution in [3.05, 3.63) is 36.4 Å². The quantitative estimate of drug-likeness (QED) is 0.773. The maximum Gasteiger partial charge on any atom is 0.224 e. The number of carbonyl (C=O) groups excluding carboxylic acids is 1. The van der Waals surface area contributed by atoms with Crippen molar-refractivity contribution in [2.75, 3.05) is 12.4 Å². The summed E-state index contributed by atoms with van der Waals surface area (Å²) < 4.78 is 5.03. The van der Waals surface area contributed by atoms with E-state index in [9.17, 15) is 4.79 Å². The molecule has 0 saturated carbocycles. The van der Waals surface area contributed by atoms with Crippen LogP contribution in [0.25, 0.3) is 0 Å². The van der Waals surface area contributed by atoms with E-state index in [0.29, 0.717) is 6.42 Å². The zero-order valence-corrected chi connectivity index (χ0v) is 9.69. The van der Waals surface area contributed by atoms with Crippen LogP contribution in [0.4, 0.5) is 5.69 Å². The summed E-state index contributed by atoms with van der Waals surface area (Å²) in [6.07, 6.45) is 5.21. The van der Waals surface area contributed by atoms with Crippen LogP contribution in [0.5, 0.6) is 5.75 Å². The van der Waals surface area contributed by atoms with Gasteiger partial charge >= 0.3 is 0 Å². The average Bonchev–Trinajstić information content (AvgIpc) is 2.30. The first-order valence-corrected chi connectivity index (χ1v) is 5.31. The van der Waals surface area contributed by atoms with E-state index in [4.69, 9.17) is 4.74 Å². The molecule has 3 heteroatoms. The number of hydrogen-bond donors (Lipinski definition) is 1. The molecule has 0 spiro atoms. The van der Waals surface area contributed by atoms with Gasteiger partial charge in [0, 0.05) is 12.1 Å². The summed E-state index contributed by atoms with van der Waals surface area (Å²) in [5.74, 6) is 0.815. The first-order chi connectivity index (χ1) is 7.76. The van der Waals surface area contributed by atoms with Gasteiger partial charge in [0.25, 0.3) is 0 Å². The van der Waals surface area contributed by atoms with E-state index in [1.807, 2.05) is 43.3 Å². The third kappa shape index (κ3) is 4.17. The van der Waals surface area contributed by atoms with E-state index >= 15 is 0 Å². The Labute approximate surface area is 96.1 Å². The Bertz CT molecular complexity index is 355. The van der Waals surface area contributed by atoms with E-state index in [0.717, 1.165) is 17.9 Å². The molecule has 86 valence electrons. The van der Waals surface area contributed by atoms with Crippen LogP contribution in [0.15, 0.2) is 36.4 Å². The number of amides is 1. The number of carbonyl (C=O) groups is 1. The van der Waals surface area contributed by atoms with Gasteiger partial charge in [0.2, 0.25) is 5.91 Å². The largest absolute Gasteiger partial charge is 0.497 e. The molecule has 0 aromatic heterocycles. The molecule has 0 aliphatic rings. The van der Waals surface area contributed by atoms with Gasteiger partial charge < -0.3 is 10.1 Å². The second-order valence-corrected chi connectivity index (χ2v) is 3.38. The van der Waals surface area contributed by atoms with Gasteiger partial charge in [-0.05, 0) is 37.6 Å². The lowest BCUT2D eigenvalue weighted by molar-refractivity contribution is -0.116. The summed E-state index contributed by atoms with van der Waals surface area (Å²) >= 11 is 0. The zero-order valence-electron chi connectivity index (χ0n) is 9.69. The average molecular weight is 219 g/mol. The molecular formula is C13H17NO2. The Balaban J connectivity index is 2.43. The highest BCUT2D eigenvalue weighted by atomic mass is 16.5. The van der Waals surface area contributed by atoms with Gasteiger partial charge in [-0.1, -0.05) is 12.2 Å². The van der Waals surface area contributed by atoms with Crippen molar-refractivity contribution in [3.63, 3.8) is 0 Å². The molecule has 1 amide bonds. The molecule has 0 radical (unpaired) electrons. The number of allylic oxidation sites excluding steroid dienone is 2. The van der Waals surface area contributed by atoms with Crippen molar-refractivity contribution in [1.29, 1.82) is 0 Å². The highest BCUT2D eigenvalue weighted by Gasteiger charge is 2.00. The van der Waals surface area contributed by atoms with E-state index in [-0.39, 0.29) is 5.91 Å². The molecule has 0 bridgehead atoms. The topological polar surface area (TPSA) is 38.3 Å². The van der Waals surface area contributed by atoms with Crippen molar-refractivity contribution in [1.82, 2.24) is 0 Å². The maximum absolute atomic E-state index is 11.5. The molecule has 16 heavy (non-hydrogen) atoms. The van der Waals surface area contributed by atoms with Gasteiger partial charge in [0.1, 0.15) is 5.75 Å². The van der Waals surface area contributed by atoms with Crippen LogP contribution in [0.2, 0.25) is 0 Å². The van der Waals surface area contributed by atoms with E-state index < -0.39 is 0 Å². The van der Waals surface area contributed by atoms with Crippen LogP contribution in [-0.2, 0) is 4.79 Å². The van der Waals surface area contributed by atoms with Gasteiger partial charge in [0.15, 0.2) is 0 Å². The smallest absolute Gasteiger partial charge is 0.224 e. The molecule has 0 heterocycles. The minimum atomic E-state index is 0.0308. The van der Waals surface area contributed by atoms with Gasteiger partial charge in [-0.15, -0.1) is 0 Å². The summed E-state index contributed by atoms with van der Waals surface area (Å²) in [4.78, 5) is 11.5. The van der Waals surface area contributed by atoms with Gasteiger partial charge in [-0.3, -0.25) is 4.79 Å². The predicted molar refractivity (Wildman–Crippen MR) is 65.7 cm³/mol. The second-order valence-electron chi connectivity index (χ2n) is 3.38. The summed E-state index contributed by atoms with van der Waals surface area (Å²) in [5, 5.41) is 2.82. The van der Waals surface area contributed by atoms with Gasteiger partial charge in [-0.25, -0.2) is 0 Å². The lowest BCUT2D eigenvalue weighted by atomic mass is 10.2. The number of hydrogen-bond acceptors (Lipinski definition) is 2.